The van der Waals surface area contributed by atoms with E-state index in [1.807, 2.05) is 0 Å². The summed E-state index contributed by atoms with van der Waals surface area (Å²) in [5, 5.41) is 7.06. The van der Waals surface area contributed by atoms with Gasteiger partial charge < -0.3 is 10.6 Å². The first kappa shape index (κ1) is 13.0. The van der Waals surface area contributed by atoms with Gasteiger partial charge in [0.1, 0.15) is 0 Å². The minimum Gasteiger partial charge on any atom is -0.312 e. The number of hydrogen-bond donors (Lipinski definition) is 2. The van der Waals surface area contributed by atoms with E-state index in [0.29, 0.717) is 6.04 Å². The number of rotatable bonds is 6. The molecule has 0 bridgehead atoms. The van der Waals surface area contributed by atoms with Gasteiger partial charge in [0.2, 0.25) is 0 Å². The van der Waals surface area contributed by atoms with E-state index in [-0.39, 0.29) is 0 Å². The van der Waals surface area contributed by atoms with Crippen molar-refractivity contribution in [3.8, 4) is 0 Å². The van der Waals surface area contributed by atoms with Crippen molar-refractivity contribution >= 4 is 43.2 Å². The van der Waals surface area contributed by atoms with E-state index < -0.39 is 0 Å². The second-order valence-electron chi connectivity index (χ2n) is 4.31. The Bertz CT molecular complexity index is 350. The molecule has 1 atom stereocenters. The second-order valence-corrected chi connectivity index (χ2v) is 8.06. The summed E-state index contributed by atoms with van der Waals surface area (Å²) in [6.45, 7) is 4.22. The molecular formula is C11H16Br2N2S. The summed E-state index contributed by atoms with van der Waals surface area (Å²) >= 11 is 8.80. The second kappa shape index (κ2) is 5.96. The van der Waals surface area contributed by atoms with Crippen LogP contribution in [-0.2, 0) is 6.54 Å². The van der Waals surface area contributed by atoms with Gasteiger partial charge in [-0.25, -0.2) is 0 Å². The molecule has 0 spiro atoms. The molecule has 1 aromatic rings. The lowest BCUT2D eigenvalue weighted by Crippen LogP contribution is -2.36. The molecule has 2 rings (SSSR count). The van der Waals surface area contributed by atoms with E-state index in [1.165, 1.54) is 26.0 Å². The SMILES string of the molecule is CC(CNC1CC1)NCc1cc(Br)sc1Br. The Balaban J connectivity index is 1.70. The minimum atomic E-state index is 0.520. The van der Waals surface area contributed by atoms with Gasteiger partial charge in [-0.05, 0) is 63.3 Å². The fraction of sp³-hybridized carbons (Fsp3) is 0.636. The highest BCUT2D eigenvalue weighted by Gasteiger charge is 2.20. The van der Waals surface area contributed by atoms with Gasteiger partial charge in [-0.1, -0.05) is 0 Å². The van der Waals surface area contributed by atoms with Crippen molar-refractivity contribution in [2.75, 3.05) is 6.54 Å². The summed E-state index contributed by atoms with van der Waals surface area (Å²) in [6, 6.07) is 3.49. The predicted molar refractivity (Wildman–Crippen MR) is 77.0 cm³/mol. The first-order valence-corrected chi connectivity index (χ1v) is 7.96. The van der Waals surface area contributed by atoms with Gasteiger partial charge in [0, 0.05) is 25.2 Å². The largest absolute Gasteiger partial charge is 0.312 e. The first-order chi connectivity index (χ1) is 7.65. The van der Waals surface area contributed by atoms with Crippen molar-refractivity contribution in [2.45, 2.75) is 38.4 Å². The molecule has 2 nitrogen and oxygen atoms in total. The van der Waals surface area contributed by atoms with Crippen molar-refractivity contribution in [1.82, 2.24) is 10.6 Å². The van der Waals surface area contributed by atoms with Crippen molar-refractivity contribution in [3.05, 3.63) is 19.2 Å². The molecule has 0 radical (unpaired) electrons. The van der Waals surface area contributed by atoms with E-state index in [2.05, 4.69) is 55.5 Å². The van der Waals surface area contributed by atoms with Gasteiger partial charge in [0.05, 0.1) is 7.57 Å². The highest BCUT2D eigenvalue weighted by molar-refractivity contribution is 9.12. The van der Waals surface area contributed by atoms with E-state index in [9.17, 15) is 0 Å². The molecule has 5 heteroatoms. The molecule has 2 N–H and O–H groups in total. The Morgan fingerprint density at radius 1 is 1.50 bits per heavy atom. The third kappa shape index (κ3) is 4.11. The lowest BCUT2D eigenvalue weighted by Gasteiger charge is -2.14. The molecule has 1 heterocycles. The molecule has 0 saturated heterocycles. The summed E-state index contributed by atoms with van der Waals surface area (Å²) in [4.78, 5) is 0. The summed E-state index contributed by atoms with van der Waals surface area (Å²) < 4.78 is 2.40. The molecule has 1 saturated carbocycles. The number of halogens is 2. The van der Waals surface area contributed by atoms with Crippen molar-refractivity contribution in [1.29, 1.82) is 0 Å². The van der Waals surface area contributed by atoms with Crippen LogP contribution in [0, 0.1) is 0 Å². The van der Waals surface area contributed by atoms with Crippen LogP contribution in [0.5, 0.6) is 0 Å². The molecule has 0 amide bonds. The Morgan fingerprint density at radius 2 is 2.25 bits per heavy atom. The van der Waals surface area contributed by atoms with Crippen molar-refractivity contribution in [2.24, 2.45) is 0 Å². The molecule has 0 aromatic carbocycles. The van der Waals surface area contributed by atoms with Crippen LogP contribution >= 0.6 is 43.2 Å². The molecule has 1 aromatic heterocycles. The fourth-order valence-electron chi connectivity index (χ4n) is 1.48. The Hall–Kier alpha value is 0.580. The van der Waals surface area contributed by atoms with Crippen LogP contribution in [0.2, 0.25) is 0 Å². The van der Waals surface area contributed by atoms with Crippen LogP contribution in [0.3, 0.4) is 0 Å². The molecule has 90 valence electrons. The van der Waals surface area contributed by atoms with Crippen LogP contribution in [-0.4, -0.2) is 18.6 Å². The van der Waals surface area contributed by atoms with Gasteiger partial charge in [-0.2, -0.15) is 0 Å². The van der Waals surface area contributed by atoms with Crippen LogP contribution in [0.4, 0.5) is 0 Å². The first-order valence-electron chi connectivity index (χ1n) is 5.55. The van der Waals surface area contributed by atoms with Gasteiger partial charge in [-0.15, -0.1) is 11.3 Å². The third-order valence-corrected chi connectivity index (χ3v) is 5.12. The zero-order valence-corrected chi connectivity index (χ0v) is 13.2. The average Bonchev–Trinajstić information content (AvgIpc) is 2.99. The summed E-state index contributed by atoms with van der Waals surface area (Å²) in [6.07, 6.45) is 2.71. The minimum absolute atomic E-state index is 0.520. The van der Waals surface area contributed by atoms with E-state index in [0.717, 1.165) is 19.1 Å². The van der Waals surface area contributed by atoms with Gasteiger partial charge in [-0.3, -0.25) is 0 Å². The molecule has 16 heavy (non-hydrogen) atoms. The molecule has 1 unspecified atom stereocenters. The lowest BCUT2D eigenvalue weighted by molar-refractivity contribution is 0.500. The average molecular weight is 368 g/mol. The maximum absolute atomic E-state index is 3.57. The summed E-state index contributed by atoms with van der Waals surface area (Å²) in [5.74, 6) is 0. The van der Waals surface area contributed by atoms with Gasteiger partial charge in [0.15, 0.2) is 0 Å². The van der Waals surface area contributed by atoms with Crippen molar-refractivity contribution < 1.29 is 0 Å². The predicted octanol–water partition coefficient (Wildman–Crippen LogP) is 3.50. The van der Waals surface area contributed by atoms with Crippen LogP contribution in [0.1, 0.15) is 25.3 Å². The van der Waals surface area contributed by atoms with Crippen LogP contribution in [0.15, 0.2) is 13.6 Å². The maximum atomic E-state index is 3.57. The smallest absolute Gasteiger partial charge is 0.0755 e. The quantitative estimate of drug-likeness (QED) is 0.803. The van der Waals surface area contributed by atoms with E-state index in [4.69, 9.17) is 0 Å². The number of hydrogen-bond acceptors (Lipinski definition) is 3. The van der Waals surface area contributed by atoms with Crippen LogP contribution in [0.25, 0.3) is 0 Å². The summed E-state index contributed by atoms with van der Waals surface area (Å²) in [5.41, 5.74) is 1.33. The van der Waals surface area contributed by atoms with Gasteiger partial charge in [0.25, 0.3) is 0 Å². The number of thiophene rings is 1. The molecule has 1 fully saturated rings. The molecule has 1 aliphatic carbocycles. The molecular weight excluding hydrogens is 352 g/mol. The summed E-state index contributed by atoms with van der Waals surface area (Å²) in [7, 11) is 0. The van der Waals surface area contributed by atoms with Crippen LogP contribution < -0.4 is 10.6 Å². The third-order valence-electron chi connectivity index (χ3n) is 2.66. The Labute approximate surface area is 117 Å². The van der Waals surface area contributed by atoms with Crippen molar-refractivity contribution in [3.63, 3.8) is 0 Å². The Morgan fingerprint density at radius 3 is 2.81 bits per heavy atom. The Kier molecular flexibility index (Phi) is 4.85. The monoisotopic (exact) mass is 366 g/mol. The standard InChI is InChI=1S/C11H16Br2N2S/c1-7(5-15-9-2-3-9)14-6-8-4-10(12)16-11(8)13/h4,7,9,14-15H,2-3,5-6H2,1H3. The van der Waals surface area contributed by atoms with E-state index in [1.54, 1.807) is 11.3 Å². The van der Waals surface area contributed by atoms with E-state index >= 15 is 0 Å². The highest BCUT2D eigenvalue weighted by Crippen LogP contribution is 2.31. The zero-order valence-electron chi connectivity index (χ0n) is 9.22. The topological polar surface area (TPSA) is 24.1 Å². The molecule has 0 aliphatic heterocycles. The fourth-order valence-corrected chi connectivity index (χ4v) is 4.31. The maximum Gasteiger partial charge on any atom is 0.0755 e. The zero-order chi connectivity index (χ0) is 11.5. The highest BCUT2D eigenvalue weighted by atomic mass is 79.9. The van der Waals surface area contributed by atoms with Gasteiger partial charge >= 0.3 is 0 Å². The normalized spacial score (nSPS) is 17.7. The number of nitrogens with one attached hydrogen (secondary N) is 2. The molecule has 1 aliphatic rings. The lowest BCUT2D eigenvalue weighted by atomic mass is 10.3.